The van der Waals surface area contributed by atoms with Gasteiger partial charge in [-0.3, -0.25) is 4.98 Å². The number of aliphatic hydroxyl groups is 1. The van der Waals surface area contributed by atoms with Crippen LogP contribution in [0.4, 0.5) is 0 Å². The van der Waals surface area contributed by atoms with Crippen LogP contribution in [0.2, 0.25) is 5.02 Å². The lowest BCUT2D eigenvalue weighted by Gasteiger charge is -2.13. The zero-order valence-corrected chi connectivity index (χ0v) is 12.8. The molecule has 3 rings (SSSR count). The van der Waals surface area contributed by atoms with Gasteiger partial charge in [0.1, 0.15) is 6.10 Å². The fourth-order valence-corrected chi connectivity index (χ4v) is 2.56. The van der Waals surface area contributed by atoms with E-state index < -0.39 is 6.10 Å². The third-order valence-corrected chi connectivity index (χ3v) is 4.44. The summed E-state index contributed by atoms with van der Waals surface area (Å²) in [6.07, 6.45) is 1.03. The van der Waals surface area contributed by atoms with Crippen LogP contribution in [0.1, 0.15) is 17.2 Å². The molecule has 2 aromatic carbocycles. The summed E-state index contributed by atoms with van der Waals surface area (Å²) in [5, 5.41) is 12.1. The number of hydrogen-bond acceptors (Lipinski definition) is 2. The van der Waals surface area contributed by atoms with E-state index in [2.05, 4.69) is 20.9 Å². The lowest BCUT2D eigenvalue weighted by atomic mass is 10.0. The first-order chi connectivity index (χ1) is 9.65. The molecule has 0 aliphatic rings. The summed E-state index contributed by atoms with van der Waals surface area (Å²) in [4.78, 5) is 4.30. The Morgan fingerprint density at radius 3 is 2.60 bits per heavy atom. The lowest BCUT2D eigenvalue weighted by molar-refractivity contribution is 0.220. The molecule has 0 radical (unpaired) electrons. The molecule has 1 atom stereocenters. The number of aliphatic hydroxyl groups excluding tert-OH is 1. The van der Waals surface area contributed by atoms with Gasteiger partial charge in [0.15, 0.2) is 0 Å². The molecule has 1 unspecified atom stereocenters. The number of hydrogen-bond donors (Lipinski definition) is 1. The predicted molar refractivity (Wildman–Crippen MR) is 85.0 cm³/mol. The molecule has 20 heavy (non-hydrogen) atoms. The summed E-state index contributed by atoms with van der Waals surface area (Å²) in [6, 6.07) is 15.1. The van der Waals surface area contributed by atoms with Crippen molar-refractivity contribution >= 4 is 38.4 Å². The van der Waals surface area contributed by atoms with Crippen molar-refractivity contribution in [1.29, 1.82) is 0 Å². The Labute approximate surface area is 130 Å². The van der Waals surface area contributed by atoms with Crippen LogP contribution in [0.3, 0.4) is 0 Å². The smallest absolute Gasteiger partial charge is 0.104 e. The van der Waals surface area contributed by atoms with Gasteiger partial charge in [-0.05, 0) is 51.3 Å². The second-order valence-corrected chi connectivity index (χ2v) is 5.79. The highest BCUT2D eigenvalue weighted by atomic mass is 79.9. The van der Waals surface area contributed by atoms with Crippen LogP contribution < -0.4 is 0 Å². The third kappa shape index (κ3) is 2.57. The molecule has 0 saturated carbocycles. The first kappa shape index (κ1) is 13.6. The summed E-state index contributed by atoms with van der Waals surface area (Å²) < 4.78 is 0.815. The number of benzene rings is 2. The van der Waals surface area contributed by atoms with E-state index in [0.717, 1.165) is 26.5 Å². The predicted octanol–water partition coefficient (Wildman–Crippen LogP) is 4.73. The fourth-order valence-electron chi connectivity index (χ4n) is 2.13. The molecule has 0 aliphatic heterocycles. The van der Waals surface area contributed by atoms with E-state index in [1.807, 2.05) is 42.5 Å². The van der Waals surface area contributed by atoms with E-state index in [-0.39, 0.29) is 0 Å². The Balaban J connectivity index is 2.02. The molecule has 0 fully saturated rings. The van der Waals surface area contributed by atoms with Gasteiger partial charge in [0.25, 0.3) is 0 Å². The van der Waals surface area contributed by atoms with Gasteiger partial charge < -0.3 is 5.11 Å². The number of fused-ring (bicyclic) bond motifs is 1. The van der Waals surface area contributed by atoms with Gasteiger partial charge in [0.05, 0.1) is 10.5 Å². The highest BCUT2D eigenvalue weighted by Crippen LogP contribution is 2.30. The summed E-state index contributed by atoms with van der Waals surface area (Å²) in [5.41, 5.74) is 2.43. The maximum atomic E-state index is 10.5. The molecular weight excluding hydrogens is 338 g/mol. The molecule has 0 amide bonds. The number of nitrogens with zero attached hydrogens (tertiary/aromatic N) is 1. The highest BCUT2D eigenvalue weighted by molar-refractivity contribution is 9.10. The maximum absolute atomic E-state index is 10.5. The minimum Gasteiger partial charge on any atom is -0.384 e. The first-order valence-electron chi connectivity index (χ1n) is 6.13. The lowest BCUT2D eigenvalue weighted by Crippen LogP contribution is -1.99. The molecule has 2 nitrogen and oxygen atoms in total. The first-order valence-corrected chi connectivity index (χ1v) is 7.30. The van der Waals surface area contributed by atoms with Crippen molar-refractivity contribution in [2.75, 3.05) is 0 Å². The standard InChI is InChI=1S/C16H11BrClNO/c17-13-6-5-11(8-14(13)18)16(20)12-4-3-10-2-1-7-19-15(10)9-12/h1-9,16,20H. The fraction of sp³-hybridized carbons (Fsp3) is 0.0625. The second-order valence-electron chi connectivity index (χ2n) is 4.53. The van der Waals surface area contributed by atoms with Crippen molar-refractivity contribution in [2.45, 2.75) is 6.10 Å². The topological polar surface area (TPSA) is 33.1 Å². The van der Waals surface area contributed by atoms with E-state index in [1.54, 1.807) is 12.3 Å². The third-order valence-electron chi connectivity index (χ3n) is 3.21. The van der Waals surface area contributed by atoms with Crippen molar-refractivity contribution < 1.29 is 5.11 Å². The van der Waals surface area contributed by atoms with E-state index in [4.69, 9.17) is 11.6 Å². The molecule has 0 bridgehead atoms. The average molecular weight is 349 g/mol. The van der Waals surface area contributed by atoms with Crippen molar-refractivity contribution in [1.82, 2.24) is 4.98 Å². The normalized spacial score (nSPS) is 12.6. The number of halogens is 2. The Hall–Kier alpha value is -1.42. The zero-order chi connectivity index (χ0) is 14.1. The van der Waals surface area contributed by atoms with Crippen molar-refractivity contribution in [3.63, 3.8) is 0 Å². The van der Waals surface area contributed by atoms with Gasteiger partial charge in [-0.15, -0.1) is 0 Å². The SMILES string of the molecule is OC(c1ccc(Br)c(Cl)c1)c1ccc2cccnc2c1. The van der Waals surface area contributed by atoms with E-state index in [9.17, 15) is 5.11 Å². The van der Waals surface area contributed by atoms with Crippen molar-refractivity contribution in [2.24, 2.45) is 0 Å². The van der Waals surface area contributed by atoms with Crippen LogP contribution >= 0.6 is 27.5 Å². The number of pyridine rings is 1. The van der Waals surface area contributed by atoms with Crippen molar-refractivity contribution in [3.8, 4) is 0 Å². The molecule has 3 aromatic rings. The Bertz CT molecular complexity index is 775. The minimum atomic E-state index is -0.716. The Kier molecular flexibility index (Phi) is 3.74. The average Bonchev–Trinajstić information content (AvgIpc) is 2.49. The Morgan fingerprint density at radius 2 is 1.80 bits per heavy atom. The van der Waals surface area contributed by atoms with Crippen LogP contribution in [0.15, 0.2) is 59.2 Å². The Morgan fingerprint density at radius 1 is 1.05 bits per heavy atom. The minimum absolute atomic E-state index is 0.584. The monoisotopic (exact) mass is 347 g/mol. The maximum Gasteiger partial charge on any atom is 0.104 e. The number of rotatable bonds is 2. The zero-order valence-electron chi connectivity index (χ0n) is 10.4. The van der Waals surface area contributed by atoms with Gasteiger partial charge in [-0.2, -0.15) is 0 Å². The molecule has 1 heterocycles. The van der Waals surface area contributed by atoms with Crippen LogP contribution in [0.5, 0.6) is 0 Å². The van der Waals surface area contributed by atoms with Crippen LogP contribution in [-0.4, -0.2) is 10.1 Å². The van der Waals surface area contributed by atoms with E-state index >= 15 is 0 Å². The summed E-state index contributed by atoms with van der Waals surface area (Å²) >= 11 is 9.41. The highest BCUT2D eigenvalue weighted by Gasteiger charge is 2.12. The van der Waals surface area contributed by atoms with Gasteiger partial charge in [0, 0.05) is 16.1 Å². The molecule has 0 aliphatic carbocycles. The van der Waals surface area contributed by atoms with E-state index in [0.29, 0.717) is 5.02 Å². The molecule has 0 spiro atoms. The van der Waals surface area contributed by atoms with Gasteiger partial charge in [-0.1, -0.05) is 35.9 Å². The molecular formula is C16H11BrClNO. The van der Waals surface area contributed by atoms with Crippen LogP contribution in [0, 0.1) is 0 Å². The van der Waals surface area contributed by atoms with Crippen LogP contribution in [0.25, 0.3) is 10.9 Å². The summed E-state index contributed by atoms with van der Waals surface area (Å²) in [5.74, 6) is 0. The summed E-state index contributed by atoms with van der Waals surface area (Å²) in [7, 11) is 0. The van der Waals surface area contributed by atoms with Gasteiger partial charge in [0.2, 0.25) is 0 Å². The molecule has 100 valence electrons. The molecule has 1 aromatic heterocycles. The van der Waals surface area contributed by atoms with Crippen molar-refractivity contribution in [3.05, 3.63) is 75.4 Å². The van der Waals surface area contributed by atoms with Gasteiger partial charge in [-0.25, -0.2) is 0 Å². The van der Waals surface area contributed by atoms with E-state index in [1.165, 1.54) is 0 Å². The second kappa shape index (κ2) is 5.52. The van der Waals surface area contributed by atoms with Gasteiger partial charge >= 0.3 is 0 Å². The van der Waals surface area contributed by atoms with Crippen LogP contribution in [-0.2, 0) is 0 Å². The molecule has 4 heteroatoms. The largest absolute Gasteiger partial charge is 0.384 e. The molecule has 0 saturated heterocycles. The summed E-state index contributed by atoms with van der Waals surface area (Å²) in [6.45, 7) is 0. The number of aromatic nitrogens is 1. The molecule has 1 N–H and O–H groups in total. The quantitative estimate of drug-likeness (QED) is 0.726.